The maximum Gasteiger partial charge on any atom is 0.328 e. The van der Waals surface area contributed by atoms with E-state index in [0.717, 1.165) is 59.7 Å². The third-order valence-electron chi connectivity index (χ3n) is 8.22. The number of methoxy groups -OCH3 is 1. The van der Waals surface area contributed by atoms with E-state index in [1.807, 2.05) is 60.4 Å². The van der Waals surface area contributed by atoms with E-state index in [-0.39, 0.29) is 18.0 Å². The fourth-order valence-electron chi connectivity index (χ4n) is 6.11. The van der Waals surface area contributed by atoms with Crippen molar-refractivity contribution in [2.75, 3.05) is 53.4 Å². The molecule has 3 aliphatic rings. The summed E-state index contributed by atoms with van der Waals surface area (Å²) in [6.45, 7) is 6.98. The zero-order valence-corrected chi connectivity index (χ0v) is 21.2. The summed E-state index contributed by atoms with van der Waals surface area (Å²) in [6, 6.07) is 15.4. The summed E-state index contributed by atoms with van der Waals surface area (Å²) in [5.41, 5.74) is 3.08. The van der Waals surface area contributed by atoms with Crippen LogP contribution < -0.4 is 4.74 Å². The van der Waals surface area contributed by atoms with E-state index in [0.29, 0.717) is 19.5 Å². The second-order valence-electron chi connectivity index (χ2n) is 10.4. The molecular formula is C28H33N5O3. The number of urea groups is 1. The molecule has 0 bridgehead atoms. The van der Waals surface area contributed by atoms with Crippen LogP contribution >= 0.6 is 0 Å². The molecule has 36 heavy (non-hydrogen) atoms. The number of hydrogen-bond donors (Lipinski definition) is 1. The van der Waals surface area contributed by atoms with Gasteiger partial charge in [0.15, 0.2) is 0 Å². The van der Waals surface area contributed by atoms with Crippen LogP contribution in [0.5, 0.6) is 5.75 Å². The number of amides is 3. The average molecular weight is 488 g/mol. The van der Waals surface area contributed by atoms with Gasteiger partial charge in [-0.15, -0.1) is 0 Å². The van der Waals surface area contributed by atoms with Crippen molar-refractivity contribution in [1.82, 2.24) is 24.6 Å². The Balaban J connectivity index is 1.40. The summed E-state index contributed by atoms with van der Waals surface area (Å²) in [5, 5.41) is 1.04. The fourth-order valence-corrected chi connectivity index (χ4v) is 6.11. The van der Waals surface area contributed by atoms with Gasteiger partial charge >= 0.3 is 6.03 Å². The molecule has 3 aliphatic heterocycles. The van der Waals surface area contributed by atoms with Crippen molar-refractivity contribution in [2.45, 2.75) is 24.9 Å². The number of carbonyl (C=O) groups is 2. The Labute approximate surface area is 211 Å². The minimum atomic E-state index is -0.953. The van der Waals surface area contributed by atoms with Crippen LogP contribution in [0.3, 0.4) is 0 Å². The van der Waals surface area contributed by atoms with Gasteiger partial charge in [0.1, 0.15) is 17.3 Å². The predicted molar refractivity (Wildman–Crippen MR) is 138 cm³/mol. The van der Waals surface area contributed by atoms with Gasteiger partial charge in [0.25, 0.3) is 5.91 Å². The first-order valence-corrected chi connectivity index (χ1v) is 12.7. The maximum atomic E-state index is 14.0. The molecular weight excluding hydrogens is 454 g/mol. The smallest absolute Gasteiger partial charge is 0.328 e. The summed E-state index contributed by atoms with van der Waals surface area (Å²) in [6.07, 6.45) is 0.467. The Morgan fingerprint density at radius 2 is 1.78 bits per heavy atom. The van der Waals surface area contributed by atoms with Crippen LogP contribution in [0.4, 0.5) is 4.79 Å². The quantitative estimate of drug-likeness (QED) is 0.560. The van der Waals surface area contributed by atoms with Gasteiger partial charge in [-0.2, -0.15) is 0 Å². The SMILES string of the molecule is COc1ccc2[nH]c3c(c2c1)CC1(C)C(=O)N(CCN2CCN(C)CC2)C(=O)N1C3c1ccccc1. The van der Waals surface area contributed by atoms with E-state index in [1.165, 1.54) is 4.90 Å². The van der Waals surface area contributed by atoms with Crippen molar-refractivity contribution in [3.63, 3.8) is 0 Å². The molecule has 0 aliphatic carbocycles. The minimum absolute atomic E-state index is 0.106. The zero-order valence-electron chi connectivity index (χ0n) is 21.2. The number of H-pyrrole nitrogens is 1. The van der Waals surface area contributed by atoms with E-state index in [1.54, 1.807) is 7.11 Å². The lowest BCUT2D eigenvalue weighted by Crippen LogP contribution is -2.53. The molecule has 188 valence electrons. The van der Waals surface area contributed by atoms with E-state index < -0.39 is 5.54 Å². The normalized spacial score (nSPS) is 24.9. The number of piperazine rings is 1. The summed E-state index contributed by atoms with van der Waals surface area (Å²) < 4.78 is 5.50. The van der Waals surface area contributed by atoms with Gasteiger partial charge in [-0.3, -0.25) is 19.5 Å². The Morgan fingerprint density at radius 1 is 1.03 bits per heavy atom. The van der Waals surface area contributed by atoms with Crippen LogP contribution in [-0.4, -0.2) is 95.5 Å². The lowest BCUT2D eigenvalue weighted by molar-refractivity contribution is -0.133. The molecule has 2 fully saturated rings. The molecule has 3 amide bonds. The van der Waals surface area contributed by atoms with Crippen LogP contribution in [0.15, 0.2) is 48.5 Å². The Hall–Kier alpha value is -3.36. The molecule has 1 aromatic heterocycles. The number of hydrogen-bond acceptors (Lipinski definition) is 5. The largest absolute Gasteiger partial charge is 0.497 e. The molecule has 0 radical (unpaired) electrons. The molecule has 8 heteroatoms. The third-order valence-corrected chi connectivity index (χ3v) is 8.22. The molecule has 2 atom stereocenters. The van der Waals surface area contributed by atoms with Gasteiger partial charge in [-0.25, -0.2) is 4.79 Å². The highest BCUT2D eigenvalue weighted by molar-refractivity contribution is 6.08. The maximum absolute atomic E-state index is 14.0. The summed E-state index contributed by atoms with van der Waals surface area (Å²) in [5.74, 6) is 0.668. The number of nitrogens with zero attached hydrogens (tertiary/aromatic N) is 4. The lowest BCUT2D eigenvalue weighted by Gasteiger charge is -2.42. The number of imide groups is 1. The Bertz CT molecular complexity index is 1310. The van der Waals surface area contributed by atoms with Gasteiger partial charge < -0.3 is 14.6 Å². The molecule has 1 N–H and O–H groups in total. The number of aromatic nitrogens is 1. The summed E-state index contributed by atoms with van der Waals surface area (Å²) in [4.78, 5) is 39.5. The molecule has 6 rings (SSSR count). The first kappa shape index (κ1) is 23.1. The molecule has 3 aromatic rings. The van der Waals surface area contributed by atoms with Crippen LogP contribution in [0.25, 0.3) is 10.9 Å². The number of rotatable bonds is 5. The van der Waals surface area contributed by atoms with Crippen molar-refractivity contribution in [3.8, 4) is 5.75 Å². The highest BCUT2D eigenvalue weighted by atomic mass is 16.5. The topological polar surface area (TPSA) is 72.1 Å². The molecule has 2 saturated heterocycles. The van der Waals surface area contributed by atoms with Gasteiger partial charge in [0.05, 0.1) is 7.11 Å². The van der Waals surface area contributed by atoms with Crippen molar-refractivity contribution in [2.24, 2.45) is 0 Å². The van der Waals surface area contributed by atoms with Crippen molar-refractivity contribution < 1.29 is 14.3 Å². The molecule has 4 heterocycles. The standard InChI is InChI=1S/C28H33N5O3/c1-28-18-22-21-17-20(36-3)9-10-23(21)29-24(22)25(19-7-5-4-6-8-19)33(28)27(35)32(26(28)34)16-15-31-13-11-30(2)12-14-31/h4-10,17,25,29H,11-16,18H2,1-3H3. The van der Waals surface area contributed by atoms with E-state index in [4.69, 9.17) is 4.74 Å². The zero-order chi connectivity index (χ0) is 25.0. The van der Waals surface area contributed by atoms with Crippen molar-refractivity contribution in [1.29, 1.82) is 0 Å². The lowest BCUT2D eigenvalue weighted by atomic mass is 9.81. The second kappa shape index (κ2) is 8.64. The Kier molecular flexibility index (Phi) is 5.53. The predicted octanol–water partition coefficient (Wildman–Crippen LogP) is 3.09. The fraction of sp³-hybridized carbons (Fsp3) is 0.429. The van der Waals surface area contributed by atoms with E-state index >= 15 is 0 Å². The summed E-state index contributed by atoms with van der Waals surface area (Å²) in [7, 11) is 3.79. The minimum Gasteiger partial charge on any atom is -0.497 e. The number of fused-ring (bicyclic) bond motifs is 4. The molecule has 0 saturated carbocycles. The number of carbonyl (C=O) groups excluding carboxylic acids is 2. The second-order valence-corrected chi connectivity index (χ2v) is 10.4. The van der Waals surface area contributed by atoms with Crippen LogP contribution in [0.1, 0.15) is 29.8 Å². The monoisotopic (exact) mass is 487 g/mol. The number of aromatic amines is 1. The van der Waals surface area contributed by atoms with Crippen molar-refractivity contribution >= 4 is 22.8 Å². The number of ether oxygens (including phenoxy) is 1. The summed E-state index contributed by atoms with van der Waals surface area (Å²) >= 11 is 0. The molecule has 0 spiro atoms. The van der Waals surface area contributed by atoms with Crippen LogP contribution in [-0.2, 0) is 11.2 Å². The number of nitrogens with one attached hydrogen (secondary N) is 1. The highest BCUT2D eigenvalue weighted by Gasteiger charge is 2.60. The first-order valence-electron chi connectivity index (χ1n) is 12.7. The van der Waals surface area contributed by atoms with Gasteiger partial charge in [0.2, 0.25) is 0 Å². The first-order chi connectivity index (χ1) is 17.4. The van der Waals surface area contributed by atoms with Crippen LogP contribution in [0.2, 0.25) is 0 Å². The van der Waals surface area contributed by atoms with Gasteiger partial charge in [-0.1, -0.05) is 30.3 Å². The third kappa shape index (κ3) is 3.50. The highest BCUT2D eigenvalue weighted by Crippen LogP contribution is 2.48. The van der Waals surface area contributed by atoms with E-state index in [9.17, 15) is 9.59 Å². The average Bonchev–Trinajstić information content (AvgIpc) is 3.34. The molecule has 2 aromatic carbocycles. The number of likely N-dealkylation sites (N-methyl/N-ethyl adjacent to an activating group) is 1. The van der Waals surface area contributed by atoms with Gasteiger partial charge in [-0.05, 0) is 43.3 Å². The van der Waals surface area contributed by atoms with E-state index in [2.05, 4.69) is 21.8 Å². The van der Waals surface area contributed by atoms with Gasteiger partial charge in [0, 0.05) is 62.3 Å². The van der Waals surface area contributed by atoms with Crippen LogP contribution in [0, 0.1) is 0 Å². The molecule has 8 nitrogen and oxygen atoms in total. The Morgan fingerprint density at radius 3 is 2.50 bits per heavy atom. The van der Waals surface area contributed by atoms with Crippen molar-refractivity contribution in [3.05, 3.63) is 65.4 Å². The number of benzene rings is 2. The molecule has 2 unspecified atom stereocenters.